The second-order valence-electron chi connectivity index (χ2n) is 3.13. The number of hydrogen-bond acceptors (Lipinski definition) is 3. The molecule has 0 saturated heterocycles. The lowest BCUT2D eigenvalue weighted by Gasteiger charge is -2.12. The fraction of sp³-hybridized carbons (Fsp3) is 0.333. The van der Waals surface area contributed by atoms with Crippen LogP contribution in [0.15, 0.2) is 6.07 Å². The molecule has 0 aliphatic rings. The predicted octanol–water partition coefficient (Wildman–Crippen LogP) is 3.21. The molecule has 2 N–H and O–H groups in total. The second-order valence-corrected chi connectivity index (χ2v) is 3.93. The molecule has 1 heterocycles. The highest BCUT2D eigenvalue weighted by Gasteiger charge is 2.09. The maximum absolute atomic E-state index is 7.21. The van der Waals surface area contributed by atoms with Crippen molar-refractivity contribution in [3.8, 4) is 0 Å². The van der Waals surface area contributed by atoms with Gasteiger partial charge in [-0.25, -0.2) is 4.98 Å². The molecule has 0 aliphatic heterocycles. The summed E-state index contributed by atoms with van der Waals surface area (Å²) in [5.41, 5.74) is 0.560. The first-order valence-corrected chi connectivity index (χ1v) is 4.93. The van der Waals surface area contributed by atoms with Crippen LogP contribution in [0.2, 0.25) is 10.2 Å². The number of nitrogens with zero attached hydrogens (tertiary/aromatic N) is 1. The Balaban J connectivity index is 3.17. The minimum absolute atomic E-state index is 0.218. The summed E-state index contributed by atoms with van der Waals surface area (Å²) in [6.07, 6.45) is 1.16. The van der Waals surface area contributed by atoms with Crippen LogP contribution in [-0.4, -0.2) is 17.2 Å². The van der Waals surface area contributed by atoms with Gasteiger partial charge in [-0.2, -0.15) is 0 Å². The summed E-state index contributed by atoms with van der Waals surface area (Å²) in [6.45, 7) is 3.95. The van der Waals surface area contributed by atoms with E-state index in [-0.39, 0.29) is 6.04 Å². The Hall–Kier alpha value is -0.800. The lowest BCUT2D eigenvalue weighted by atomic mass is 10.2. The first kappa shape index (κ1) is 11.3. The van der Waals surface area contributed by atoms with E-state index in [4.69, 9.17) is 28.6 Å². The Bertz CT molecular complexity index is 350. The van der Waals surface area contributed by atoms with Gasteiger partial charge in [-0.05, 0) is 19.9 Å². The average Bonchev–Trinajstić information content (AvgIpc) is 2.01. The van der Waals surface area contributed by atoms with E-state index in [2.05, 4.69) is 10.3 Å². The van der Waals surface area contributed by atoms with Crippen molar-refractivity contribution in [2.45, 2.75) is 19.9 Å². The molecule has 1 aromatic heterocycles. The highest BCUT2D eigenvalue weighted by Crippen LogP contribution is 2.24. The predicted molar refractivity (Wildman–Crippen MR) is 60.9 cm³/mol. The number of halogens is 2. The molecule has 0 unspecified atom stereocenters. The van der Waals surface area contributed by atoms with Gasteiger partial charge in [-0.15, -0.1) is 0 Å². The van der Waals surface area contributed by atoms with Crippen LogP contribution in [0, 0.1) is 5.41 Å². The Morgan fingerprint density at radius 1 is 1.50 bits per heavy atom. The normalized spacial score (nSPS) is 10.4. The molecule has 14 heavy (non-hydrogen) atoms. The minimum Gasteiger partial charge on any atom is -0.367 e. The van der Waals surface area contributed by atoms with Crippen LogP contribution in [0.4, 0.5) is 5.82 Å². The van der Waals surface area contributed by atoms with Crippen LogP contribution < -0.4 is 5.32 Å². The summed E-state index contributed by atoms with van der Waals surface area (Å²) in [7, 11) is 0. The van der Waals surface area contributed by atoms with Crippen LogP contribution in [0.25, 0.3) is 0 Å². The summed E-state index contributed by atoms with van der Waals surface area (Å²) < 4.78 is 0. The SMILES string of the molecule is CC(C)Nc1nc(Cl)cc(Cl)c1C=N. The van der Waals surface area contributed by atoms with Gasteiger partial charge in [-0.3, -0.25) is 0 Å². The van der Waals surface area contributed by atoms with E-state index in [1.165, 1.54) is 6.07 Å². The van der Waals surface area contributed by atoms with Crippen molar-refractivity contribution < 1.29 is 0 Å². The third-order valence-electron chi connectivity index (χ3n) is 1.55. The molecule has 76 valence electrons. The zero-order valence-electron chi connectivity index (χ0n) is 7.94. The van der Waals surface area contributed by atoms with Gasteiger partial charge in [0.25, 0.3) is 0 Å². The number of nitrogens with one attached hydrogen (secondary N) is 2. The molecular formula is C9H11Cl2N3. The Morgan fingerprint density at radius 2 is 2.14 bits per heavy atom. The molecule has 0 aromatic carbocycles. The Labute approximate surface area is 93.0 Å². The van der Waals surface area contributed by atoms with Crippen molar-refractivity contribution in [3.63, 3.8) is 0 Å². The summed E-state index contributed by atoms with van der Waals surface area (Å²) >= 11 is 11.7. The van der Waals surface area contributed by atoms with E-state index in [1.54, 1.807) is 0 Å². The smallest absolute Gasteiger partial charge is 0.138 e. The van der Waals surface area contributed by atoms with Crippen molar-refractivity contribution in [2.75, 3.05) is 5.32 Å². The molecule has 5 heteroatoms. The van der Waals surface area contributed by atoms with E-state index < -0.39 is 0 Å². The quantitative estimate of drug-likeness (QED) is 0.620. The maximum atomic E-state index is 7.21. The van der Waals surface area contributed by atoms with Crippen molar-refractivity contribution >= 4 is 35.2 Å². The van der Waals surface area contributed by atoms with E-state index in [0.29, 0.717) is 21.6 Å². The molecule has 0 radical (unpaired) electrons. The molecule has 0 spiro atoms. The molecule has 0 atom stereocenters. The van der Waals surface area contributed by atoms with Crippen LogP contribution in [0.3, 0.4) is 0 Å². The van der Waals surface area contributed by atoms with Gasteiger partial charge in [0.05, 0.1) is 10.6 Å². The third kappa shape index (κ3) is 2.59. The molecule has 0 saturated carbocycles. The first-order chi connectivity index (χ1) is 6.54. The van der Waals surface area contributed by atoms with Gasteiger partial charge in [-0.1, -0.05) is 23.2 Å². The van der Waals surface area contributed by atoms with E-state index >= 15 is 0 Å². The van der Waals surface area contributed by atoms with Gasteiger partial charge >= 0.3 is 0 Å². The number of rotatable bonds is 3. The molecule has 1 rings (SSSR count). The summed E-state index contributed by atoms with van der Waals surface area (Å²) in [6, 6.07) is 1.74. The molecule has 0 aliphatic carbocycles. The van der Waals surface area contributed by atoms with Gasteiger partial charge in [0.15, 0.2) is 0 Å². The molecule has 3 nitrogen and oxygen atoms in total. The van der Waals surface area contributed by atoms with Crippen LogP contribution in [-0.2, 0) is 0 Å². The number of pyridine rings is 1. The van der Waals surface area contributed by atoms with Crippen molar-refractivity contribution in [1.82, 2.24) is 4.98 Å². The number of anilines is 1. The number of hydrogen-bond donors (Lipinski definition) is 2. The highest BCUT2D eigenvalue weighted by atomic mass is 35.5. The minimum atomic E-state index is 0.218. The van der Waals surface area contributed by atoms with Crippen molar-refractivity contribution in [3.05, 3.63) is 21.8 Å². The van der Waals surface area contributed by atoms with Gasteiger partial charge < -0.3 is 10.7 Å². The zero-order valence-corrected chi connectivity index (χ0v) is 9.45. The highest BCUT2D eigenvalue weighted by molar-refractivity contribution is 6.36. The van der Waals surface area contributed by atoms with Crippen molar-refractivity contribution in [1.29, 1.82) is 5.41 Å². The number of aromatic nitrogens is 1. The molecule has 0 bridgehead atoms. The molecule has 1 aromatic rings. The molecule has 0 amide bonds. The Kier molecular flexibility index (Phi) is 3.72. The lowest BCUT2D eigenvalue weighted by molar-refractivity contribution is 0.889. The van der Waals surface area contributed by atoms with Crippen LogP contribution in [0.5, 0.6) is 0 Å². The molecular weight excluding hydrogens is 221 g/mol. The fourth-order valence-electron chi connectivity index (χ4n) is 1.02. The topological polar surface area (TPSA) is 48.8 Å². The molecule has 0 fully saturated rings. The summed E-state index contributed by atoms with van der Waals surface area (Å²) in [5.74, 6) is 0.549. The van der Waals surface area contributed by atoms with Crippen LogP contribution in [0.1, 0.15) is 19.4 Å². The average molecular weight is 232 g/mol. The van der Waals surface area contributed by atoms with Gasteiger partial charge in [0.1, 0.15) is 11.0 Å². The summed E-state index contributed by atoms with van der Waals surface area (Å²) in [4.78, 5) is 4.06. The first-order valence-electron chi connectivity index (χ1n) is 4.17. The van der Waals surface area contributed by atoms with E-state index in [0.717, 1.165) is 6.21 Å². The third-order valence-corrected chi connectivity index (χ3v) is 2.05. The zero-order chi connectivity index (χ0) is 10.7. The van der Waals surface area contributed by atoms with Gasteiger partial charge in [0.2, 0.25) is 0 Å². The summed E-state index contributed by atoms with van der Waals surface area (Å²) in [5, 5.41) is 11.0. The Morgan fingerprint density at radius 3 is 2.64 bits per heavy atom. The van der Waals surface area contributed by atoms with E-state index in [9.17, 15) is 0 Å². The van der Waals surface area contributed by atoms with Crippen LogP contribution >= 0.6 is 23.2 Å². The second kappa shape index (κ2) is 4.62. The monoisotopic (exact) mass is 231 g/mol. The lowest BCUT2D eigenvalue weighted by Crippen LogP contribution is -2.13. The largest absolute Gasteiger partial charge is 0.367 e. The fourth-order valence-corrected chi connectivity index (χ4v) is 1.51. The van der Waals surface area contributed by atoms with Crippen molar-refractivity contribution in [2.24, 2.45) is 0 Å². The maximum Gasteiger partial charge on any atom is 0.138 e. The standard InChI is InChI=1S/C9H11Cl2N3/c1-5(2)13-9-6(4-12)7(10)3-8(11)14-9/h3-5,12H,1-2H3,(H,13,14). The van der Waals surface area contributed by atoms with E-state index in [1.807, 2.05) is 13.8 Å². The van der Waals surface area contributed by atoms with Gasteiger partial charge in [0, 0.05) is 12.3 Å².